The third-order valence-corrected chi connectivity index (χ3v) is 3.37. The Morgan fingerprint density at radius 1 is 1.29 bits per heavy atom. The lowest BCUT2D eigenvalue weighted by molar-refractivity contribution is 0.108. The van der Waals surface area contributed by atoms with Crippen LogP contribution in [0.25, 0.3) is 0 Å². The highest BCUT2D eigenvalue weighted by Crippen LogP contribution is 2.11. The molecule has 0 N–H and O–H groups in total. The second-order valence-electron chi connectivity index (χ2n) is 4.55. The number of nitrogens with zero attached hydrogens (tertiary/aromatic N) is 2. The van der Waals surface area contributed by atoms with Gasteiger partial charge in [0, 0.05) is 38.3 Å². The smallest absolute Gasteiger partial charge is 0.252 e. The molecule has 1 fully saturated rings. The van der Waals surface area contributed by atoms with Crippen LogP contribution in [0.1, 0.15) is 15.9 Å². The molecule has 0 saturated carbocycles. The minimum atomic E-state index is -0.384. The Morgan fingerprint density at radius 2 is 2.00 bits per heavy atom. The summed E-state index contributed by atoms with van der Waals surface area (Å²) in [4.78, 5) is 15.8. The summed E-state index contributed by atoms with van der Waals surface area (Å²) in [5.41, 5.74) is 1.74. The molecule has 17 heavy (non-hydrogen) atoms. The molecule has 3 nitrogen and oxygen atoms in total. The molecule has 4 heteroatoms. The van der Waals surface area contributed by atoms with Crippen molar-refractivity contribution in [3.63, 3.8) is 0 Å². The van der Waals surface area contributed by atoms with Gasteiger partial charge in [0.05, 0.1) is 0 Å². The van der Waals surface area contributed by atoms with Gasteiger partial charge in [-0.05, 0) is 30.3 Å². The van der Waals surface area contributed by atoms with E-state index in [0.29, 0.717) is 5.56 Å². The Balaban J connectivity index is 1.98. The zero-order valence-corrected chi connectivity index (χ0v) is 10.8. The Kier molecular flexibility index (Phi) is 4.15. The van der Waals surface area contributed by atoms with Crippen molar-refractivity contribution in [2.45, 2.75) is 6.54 Å². The van der Waals surface area contributed by atoms with Gasteiger partial charge in [-0.3, -0.25) is 9.69 Å². The minimum Gasteiger partial charge on any atom is -0.304 e. The van der Waals surface area contributed by atoms with Gasteiger partial charge in [0.1, 0.15) is 0 Å². The summed E-state index contributed by atoms with van der Waals surface area (Å²) in [6.45, 7) is 5.26. The first kappa shape index (κ1) is 12.6. The maximum Gasteiger partial charge on any atom is 0.252 e. The van der Waals surface area contributed by atoms with Crippen LogP contribution in [0.2, 0.25) is 0 Å². The molecule has 1 aliphatic heterocycles. The second kappa shape index (κ2) is 5.63. The molecule has 1 aromatic carbocycles. The van der Waals surface area contributed by atoms with Crippen molar-refractivity contribution in [3.05, 3.63) is 35.4 Å². The van der Waals surface area contributed by atoms with Crippen molar-refractivity contribution < 1.29 is 4.79 Å². The highest BCUT2D eigenvalue weighted by atomic mass is 35.5. The summed E-state index contributed by atoms with van der Waals surface area (Å²) >= 11 is 5.48. The number of hydrogen-bond acceptors (Lipinski definition) is 3. The number of halogens is 1. The van der Waals surface area contributed by atoms with Crippen molar-refractivity contribution in [1.29, 1.82) is 0 Å². The third kappa shape index (κ3) is 3.53. The van der Waals surface area contributed by atoms with E-state index in [0.717, 1.165) is 38.3 Å². The van der Waals surface area contributed by atoms with Crippen LogP contribution in [0.4, 0.5) is 0 Å². The van der Waals surface area contributed by atoms with E-state index in [9.17, 15) is 4.79 Å². The summed E-state index contributed by atoms with van der Waals surface area (Å²) in [7, 11) is 2.14. The van der Waals surface area contributed by atoms with Gasteiger partial charge in [-0.25, -0.2) is 0 Å². The molecular formula is C13H17ClN2O. The number of benzene rings is 1. The van der Waals surface area contributed by atoms with E-state index < -0.39 is 0 Å². The van der Waals surface area contributed by atoms with E-state index in [1.54, 1.807) is 6.07 Å². The molecule has 0 spiro atoms. The highest BCUT2D eigenvalue weighted by Gasteiger charge is 2.14. The van der Waals surface area contributed by atoms with Gasteiger partial charge < -0.3 is 4.90 Å². The van der Waals surface area contributed by atoms with Crippen LogP contribution in [0.5, 0.6) is 0 Å². The van der Waals surface area contributed by atoms with Gasteiger partial charge >= 0.3 is 0 Å². The molecule has 0 amide bonds. The van der Waals surface area contributed by atoms with E-state index in [2.05, 4.69) is 16.8 Å². The number of rotatable bonds is 3. The van der Waals surface area contributed by atoms with Gasteiger partial charge in [-0.1, -0.05) is 18.2 Å². The lowest BCUT2D eigenvalue weighted by atomic mass is 10.1. The summed E-state index contributed by atoms with van der Waals surface area (Å²) in [6.07, 6.45) is 0. The Bertz CT molecular complexity index is 400. The van der Waals surface area contributed by atoms with Crippen molar-refractivity contribution in [1.82, 2.24) is 9.80 Å². The third-order valence-electron chi connectivity index (χ3n) is 3.16. The van der Waals surface area contributed by atoms with E-state index in [1.165, 1.54) is 0 Å². The Labute approximate surface area is 107 Å². The monoisotopic (exact) mass is 252 g/mol. The molecule has 1 heterocycles. The highest BCUT2D eigenvalue weighted by molar-refractivity contribution is 6.67. The Hall–Kier alpha value is -0.900. The summed E-state index contributed by atoms with van der Waals surface area (Å²) in [5.74, 6) is 0. The van der Waals surface area contributed by atoms with E-state index in [-0.39, 0.29) is 5.24 Å². The molecule has 0 unspecified atom stereocenters. The fourth-order valence-electron chi connectivity index (χ4n) is 2.06. The maximum atomic E-state index is 11.1. The van der Waals surface area contributed by atoms with Crippen LogP contribution >= 0.6 is 11.6 Å². The lowest BCUT2D eigenvalue weighted by Gasteiger charge is -2.32. The number of hydrogen-bond donors (Lipinski definition) is 0. The zero-order valence-electron chi connectivity index (χ0n) is 10.0. The van der Waals surface area contributed by atoms with Crippen molar-refractivity contribution >= 4 is 16.8 Å². The predicted molar refractivity (Wildman–Crippen MR) is 69.4 cm³/mol. The number of likely N-dealkylation sites (N-methyl/N-ethyl adjacent to an activating group) is 1. The molecule has 0 radical (unpaired) electrons. The average Bonchev–Trinajstić information content (AvgIpc) is 2.32. The largest absolute Gasteiger partial charge is 0.304 e. The summed E-state index contributed by atoms with van der Waals surface area (Å²) in [5, 5.41) is -0.384. The first-order valence-electron chi connectivity index (χ1n) is 5.85. The molecule has 1 saturated heterocycles. The standard InChI is InChI=1S/C13H17ClN2O/c1-15-5-7-16(8-6-15)10-11-3-2-4-12(9-11)13(14)17/h2-4,9H,5-8,10H2,1H3. The topological polar surface area (TPSA) is 23.6 Å². The number of piperazine rings is 1. The molecule has 0 aromatic heterocycles. The van der Waals surface area contributed by atoms with Crippen molar-refractivity contribution in [3.8, 4) is 0 Å². The molecular weight excluding hydrogens is 236 g/mol. The van der Waals surface area contributed by atoms with Crippen LogP contribution in [0.3, 0.4) is 0 Å². The Morgan fingerprint density at radius 3 is 2.65 bits per heavy atom. The minimum absolute atomic E-state index is 0.384. The molecule has 92 valence electrons. The second-order valence-corrected chi connectivity index (χ2v) is 4.90. The predicted octanol–water partition coefficient (Wildman–Crippen LogP) is 1.81. The molecule has 2 rings (SSSR count). The SMILES string of the molecule is CN1CCN(Cc2cccc(C(=O)Cl)c2)CC1. The van der Waals surface area contributed by atoms with E-state index in [4.69, 9.17) is 11.6 Å². The zero-order chi connectivity index (χ0) is 12.3. The van der Waals surface area contributed by atoms with Crippen LogP contribution in [-0.4, -0.2) is 48.3 Å². The van der Waals surface area contributed by atoms with Gasteiger partial charge in [-0.2, -0.15) is 0 Å². The van der Waals surface area contributed by atoms with Crippen LogP contribution in [0, 0.1) is 0 Å². The lowest BCUT2D eigenvalue weighted by Crippen LogP contribution is -2.43. The molecule has 1 aromatic rings. The van der Waals surface area contributed by atoms with Gasteiger partial charge in [0.2, 0.25) is 0 Å². The molecule has 1 aliphatic rings. The van der Waals surface area contributed by atoms with Gasteiger partial charge in [0.15, 0.2) is 0 Å². The van der Waals surface area contributed by atoms with E-state index in [1.807, 2.05) is 18.2 Å². The fourth-order valence-corrected chi connectivity index (χ4v) is 2.17. The number of carbonyl (C=O) groups is 1. The fraction of sp³-hybridized carbons (Fsp3) is 0.462. The van der Waals surface area contributed by atoms with Gasteiger partial charge in [0.25, 0.3) is 5.24 Å². The van der Waals surface area contributed by atoms with Crippen LogP contribution in [-0.2, 0) is 6.54 Å². The van der Waals surface area contributed by atoms with Crippen molar-refractivity contribution in [2.75, 3.05) is 33.2 Å². The molecule has 0 bridgehead atoms. The number of carbonyl (C=O) groups excluding carboxylic acids is 1. The van der Waals surface area contributed by atoms with Crippen molar-refractivity contribution in [2.24, 2.45) is 0 Å². The van der Waals surface area contributed by atoms with E-state index >= 15 is 0 Å². The first-order valence-corrected chi connectivity index (χ1v) is 6.22. The van der Waals surface area contributed by atoms with Crippen LogP contribution < -0.4 is 0 Å². The average molecular weight is 253 g/mol. The maximum absolute atomic E-state index is 11.1. The quantitative estimate of drug-likeness (QED) is 0.767. The molecule has 0 atom stereocenters. The summed E-state index contributed by atoms with van der Waals surface area (Å²) < 4.78 is 0. The normalized spacial score (nSPS) is 18.2. The van der Waals surface area contributed by atoms with Crippen LogP contribution in [0.15, 0.2) is 24.3 Å². The summed E-state index contributed by atoms with van der Waals surface area (Å²) in [6, 6.07) is 7.57. The molecule has 0 aliphatic carbocycles. The van der Waals surface area contributed by atoms with Gasteiger partial charge in [-0.15, -0.1) is 0 Å². The first-order chi connectivity index (χ1) is 8.15.